The van der Waals surface area contributed by atoms with Crippen molar-refractivity contribution in [3.8, 4) is 0 Å². The lowest BCUT2D eigenvalue weighted by Crippen LogP contribution is -2.44. The van der Waals surface area contributed by atoms with Gasteiger partial charge < -0.3 is 21.6 Å². The Bertz CT molecular complexity index is 150. The molecule has 0 atom stereocenters. The molecule has 2 fully saturated rings. The number of hydrogen-bond donors (Lipinski definition) is 1. The molecule has 6 N–H and O–H groups in total. The van der Waals surface area contributed by atoms with Crippen molar-refractivity contribution in [2.75, 3.05) is 13.1 Å². The molecule has 1 saturated carbocycles. The zero-order valence-corrected chi connectivity index (χ0v) is 11.3. The lowest BCUT2D eigenvalue weighted by molar-refractivity contribution is 0.155. The molecule has 0 aromatic carbocycles. The molecule has 1 aliphatic heterocycles. The van der Waals surface area contributed by atoms with Crippen LogP contribution in [-0.4, -0.2) is 41.0 Å². The van der Waals surface area contributed by atoms with Crippen LogP contribution >= 0.6 is 24.8 Å². The minimum atomic E-state index is 0. The SMILES string of the molecule is Cl.Cl.NC1CCN(C2CCCC2)CC1.O.O. The first-order valence-corrected chi connectivity index (χ1v) is 5.36. The molecular weight excluding hydrogens is 251 g/mol. The number of halogens is 2. The molecule has 2 rings (SSSR count). The quantitative estimate of drug-likeness (QED) is 0.757. The van der Waals surface area contributed by atoms with Crippen LogP contribution in [0.25, 0.3) is 0 Å². The molecule has 1 saturated heterocycles. The van der Waals surface area contributed by atoms with Crippen molar-refractivity contribution in [2.45, 2.75) is 50.6 Å². The second-order valence-corrected chi connectivity index (χ2v) is 4.31. The Morgan fingerprint density at radius 2 is 1.25 bits per heavy atom. The average molecular weight is 277 g/mol. The second-order valence-electron chi connectivity index (χ2n) is 4.31. The molecule has 6 heteroatoms. The minimum Gasteiger partial charge on any atom is -0.412 e. The van der Waals surface area contributed by atoms with Crippen molar-refractivity contribution in [3.05, 3.63) is 0 Å². The Kier molecular flexibility index (Phi) is 14.3. The van der Waals surface area contributed by atoms with Gasteiger partial charge in [-0.05, 0) is 38.8 Å². The van der Waals surface area contributed by atoms with E-state index in [1.807, 2.05) is 0 Å². The molecule has 16 heavy (non-hydrogen) atoms. The predicted octanol–water partition coefficient (Wildman–Crippen LogP) is 0.546. The van der Waals surface area contributed by atoms with Gasteiger partial charge in [-0.2, -0.15) is 0 Å². The van der Waals surface area contributed by atoms with E-state index in [-0.39, 0.29) is 35.8 Å². The van der Waals surface area contributed by atoms with Crippen LogP contribution in [0.1, 0.15) is 38.5 Å². The van der Waals surface area contributed by atoms with Crippen molar-refractivity contribution >= 4 is 24.8 Å². The van der Waals surface area contributed by atoms with Gasteiger partial charge in [-0.3, -0.25) is 0 Å². The van der Waals surface area contributed by atoms with Crippen LogP contribution in [-0.2, 0) is 0 Å². The van der Waals surface area contributed by atoms with Crippen LogP contribution in [0.2, 0.25) is 0 Å². The van der Waals surface area contributed by atoms with E-state index in [4.69, 9.17) is 5.73 Å². The van der Waals surface area contributed by atoms with Crippen LogP contribution in [0.5, 0.6) is 0 Å². The molecule has 0 unspecified atom stereocenters. The van der Waals surface area contributed by atoms with Gasteiger partial charge in [-0.15, -0.1) is 24.8 Å². The molecular formula is C10H26Cl2N2O2. The third-order valence-corrected chi connectivity index (χ3v) is 3.42. The molecule has 0 amide bonds. The van der Waals surface area contributed by atoms with E-state index in [9.17, 15) is 0 Å². The largest absolute Gasteiger partial charge is 0.412 e. The van der Waals surface area contributed by atoms with Crippen LogP contribution in [0.15, 0.2) is 0 Å². The van der Waals surface area contributed by atoms with Crippen LogP contribution in [0.4, 0.5) is 0 Å². The highest BCUT2D eigenvalue weighted by atomic mass is 35.5. The van der Waals surface area contributed by atoms with E-state index in [1.165, 1.54) is 51.6 Å². The Labute approximate surface area is 110 Å². The molecule has 0 aromatic heterocycles. The van der Waals surface area contributed by atoms with Gasteiger partial charge in [0.05, 0.1) is 0 Å². The molecule has 2 aliphatic rings. The monoisotopic (exact) mass is 276 g/mol. The standard InChI is InChI=1S/C10H20N2.2ClH.2H2O/c11-9-5-7-12(8-6-9)10-3-1-2-4-10;;;;/h9-10H,1-8,11H2;2*1H;2*1H2. The Hall–Kier alpha value is 0.420. The maximum Gasteiger partial charge on any atom is 0.00952 e. The molecule has 0 bridgehead atoms. The van der Waals surface area contributed by atoms with Gasteiger partial charge in [0.1, 0.15) is 0 Å². The summed E-state index contributed by atoms with van der Waals surface area (Å²) in [5.41, 5.74) is 5.87. The molecule has 0 spiro atoms. The summed E-state index contributed by atoms with van der Waals surface area (Å²) in [6.07, 6.45) is 8.22. The fourth-order valence-electron chi connectivity index (χ4n) is 2.55. The van der Waals surface area contributed by atoms with Crippen molar-refractivity contribution in [1.29, 1.82) is 0 Å². The van der Waals surface area contributed by atoms with Crippen LogP contribution in [0, 0.1) is 0 Å². The third kappa shape index (κ3) is 5.66. The zero-order valence-electron chi connectivity index (χ0n) is 9.65. The van der Waals surface area contributed by atoms with E-state index in [0.29, 0.717) is 6.04 Å². The topological polar surface area (TPSA) is 92.3 Å². The summed E-state index contributed by atoms with van der Waals surface area (Å²) in [4.78, 5) is 2.66. The smallest absolute Gasteiger partial charge is 0.00952 e. The molecule has 1 heterocycles. The lowest BCUT2D eigenvalue weighted by atomic mass is 10.0. The van der Waals surface area contributed by atoms with Gasteiger partial charge in [-0.25, -0.2) is 0 Å². The van der Waals surface area contributed by atoms with Gasteiger partial charge >= 0.3 is 0 Å². The summed E-state index contributed by atoms with van der Waals surface area (Å²) in [6, 6.07) is 1.40. The lowest BCUT2D eigenvalue weighted by Gasteiger charge is -2.34. The summed E-state index contributed by atoms with van der Waals surface area (Å²) in [7, 11) is 0. The van der Waals surface area contributed by atoms with E-state index in [2.05, 4.69) is 4.90 Å². The first-order chi connectivity index (χ1) is 5.86. The molecule has 102 valence electrons. The van der Waals surface area contributed by atoms with Crippen molar-refractivity contribution in [1.82, 2.24) is 4.90 Å². The van der Waals surface area contributed by atoms with Gasteiger partial charge in [0.15, 0.2) is 0 Å². The van der Waals surface area contributed by atoms with Gasteiger partial charge in [0.2, 0.25) is 0 Å². The third-order valence-electron chi connectivity index (χ3n) is 3.42. The number of likely N-dealkylation sites (tertiary alicyclic amines) is 1. The number of nitrogens with two attached hydrogens (primary N) is 1. The Balaban J connectivity index is -0.000000422. The average Bonchev–Trinajstić information content (AvgIpc) is 2.58. The van der Waals surface area contributed by atoms with Gasteiger partial charge in [-0.1, -0.05) is 12.8 Å². The molecule has 0 aromatic rings. The van der Waals surface area contributed by atoms with Gasteiger partial charge in [0.25, 0.3) is 0 Å². The maximum atomic E-state index is 5.87. The highest BCUT2D eigenvalue weighted by Gasteiger charge is 2.25. The zero-order chi connectivity index (χ0) is 8.39. The molecule has 0 radical (unpaired) electrons. The van der Waals surface area contributed by atoms with Gasteiger partial charge in [0, 0.05) is 12.1 Å². The summed E-state index contributed by atoms with van der Waals surface area (Å²) >= 11 is 0. The minimum absolute atomic E-state index is 0. The molecule has 4 nitrogen and oxygen atoms in total. The summed E-state index contributed by atoms with van der Waals surface area (Å²) in [6.45, 7) is 2.51. The van der Waals surface area contributed by atoms with Crippen LogP contribution in [0.3, 0.4) is 0 Å². The second kappa shape index (κ2) is 10.6. The predicted molar refractivity (Wildman–Crippen MR) is 72.8 cm³/mol. The highest BCUT2D eigenvalue weighted by molar-refractivity contribution is 5.85. The van der Waals surface area contributed by atoms with E-state index in [0.717, 1.165) is 6.04 Å². The Morgan fingerprint density at radius 1 is 0.812 bits per heavy atom. The molecule has 1 aliphatic carbocycles. The summed E-state index contributed by atoms with van der Waals surface area (Å²) in [5.74, 6) is 0. The summed E-state index contributed by atoms with van der Waals surface area (Å²) < 4.78 is 0. The number of rotatable bonds is 1. The van der Waals surface area contributed by atoms with Crippen molar-refractivity contribution in [3.63, 3.8) is 0 Å². The Morgan fingerprint density at radius 3 is 1.69 bits per heavy atom. The highest BCUT2D eigenvalue weighted by Crippen LogP contribution is 2.25. The summed E-state index contributed by atoms with van der Waals surface area (Å²) in [5, 5.41) is 0. The first-order valence-electron chi connectivity index (χ1n) is 5.36. The fraction of sp³-hybridized carbons (Fsp3) is 1.00. The first kappa shape index (κ1) is 21.7. The normalized spacial score (nSPS) is 22.3. The van der Waals surface area contributed by atoms with E-state index in [1.54, 1.807) is 0 Å². The fourth-order valence-corrected chi connectivity index (χ4v) is 2.55. The van der Waals surface area contributed by atoms with E-state index >= 15 is 0 Å². The van der Waals surface area contributed by atoms with Crippen molar-refractivity contribution < 1.29 is 11.0 Å². The maximum absolute atomic E-state index is 5.87. The van der Waals surface area contributed by atoms with Crippen LogP contribution < -0.4 is 5.73 Å². The number of nitrogens with zero attached hydrogens (tertiary/aromatic N) is 1. The number of hydrogen-bond acceptors (Lipinski definition) is 2. The van der Waals surface area contributed by atoms with Crippen molar-refractivity contribution in [2.24, 2.45) is 5.73 Å². The number of piperidine rings is 1. The van der Waals surface area contributed by atoms with E-state index < -0.39 is 0 Å².